The van der Waals surface area contributed by atoms with E-state index in [1.165, 1.54) is 0 Å². The number of morpholine rings is 1. The van der Waals surface area contributed by atoms with Gasteiger partial charge in [0.05, 0.1) is 12.7 Å². The van der Waals surface area contributed by atoms with E-state index in [1.54, 1.807) is 0 Å². The van der Waals surface area contributed by atoms with Crippen molar-refractivity contribution in [1.29, 1.82) is 0 Å². The number of hydrogen-bond acceptors (Lipinski definition) is 3. The number of nitrogens with zero attached hydrogens (tertiary/aromatic N) is 1. The Morgan fingerprint density at radius 3 is 2.83 bits per heavy atom. The number of ether oxygens (including phenoxy) is 1. The van der Waals surface area contributed by atoms with Crippen LogP contribution < -0.4 is 0 Å². The van der Waals surface area contributed by atoms with Crippen molar-refractivity contribution in [3.05, 3.63) is 22.5 Å². The number of carbonyl (C=O) groups excluding carboxylic acids is 2. The predicted molar refractivity (Wildman–Crippen MR) is 87.9 cm³/mol. The highest BCUT2D eigenvalue weighted by atomic mass is 16.5. The zero-order chi connectivity index (χ0) is 16.8. The summed E-state index contributed by atoms with van der Waals surface area (Å²) in [7, 11) is 0. The summed E-state index contributed by atoms with van der Waals surface area (Å²) in [5.41, 5.74) is 3.01. The number of aromatic nitrogens is 1. The van der Waals surface area contributed by atoms with Crippen LogP contribution in [0.2, 0.25) is 0 Å². The zero-order valence-electron chi connectivity index (χ0n) is 14.5. The Kier molecular flexibility index (Phi) is 4.08. The van der Waals surface area contributed by atoms with Crippen LogP contribution in [0, 0.1) is 12.3 Å². The normalized spacial score (nSPS) is 23.7. The molecule has 0 bridgehead atoms. The molecule has 1 aromatic heterocycles. The van der Waals surface area contributed by atoms with E-state index in [0.717, 1.165) is 29.7 Å². The van der Waals surface area contributed by atoms with Crippen molar-refractivity contribution in [2.45, 2.75) is 53.1 Å². The van der Waals surface area contributed by atoms with Crippen molar-refractivity contribution in [3.63, 3.8) is 0 Å². The molecule has 0 spiro atoms. The van der Waals surface area contributed by atoms with Gasteiger partial charge in [-0.25, -0.2) is 0 Å². The third-order valence-corrected chi connectivity index (χ3v) is 5.00. The molecule has 0 radical (unpaired) electrons. The van der Waals surface area contributed by atoms with Gasteiger partial charge in [-0.05, 0) is 30.7 Å². The molecule has 1 aliphatic carbocycles. The summed E-state index contributed by atoms with van der Waals surface area (Å²) in [6, 6.07) is 0. The number of nitrogens with one attached hydrogen (secondary N) is 1. The fourth-order valence-corrected chi connectivity index (χ4v) is 3.76. The average molecular weight is 318 g/mol. The van der Waals surface area contributed by atoms with Crippen molar-refractivity contribution in [2.75, 3.05) is 19.7 Å². The Balaban J connectivity index is 1.90. The van der Waals surface area contributed by atoms with Gasteiger partial charge in [0.1, 0.15) is 5.69 Å². The standard InChI is InChI=1S/C18H26N2O3/c1-5-12-10-20(6-7-23-12)17(22)16-11(2)15-13(19-16)8-18(3,4)9-14(15)21/h12,19H,5-10H2,1-4H3. The summed E-state index contributed by atoms with van der Waals surface area (Å²) in [5, 5.41) is 0. The lowest BCUT2D eigenvalue weighted by atomic mass is 9.75. The molecule has 0 aromatic carbocycles. The summed E-state index contributed by atoms with van der Waals surface area (Å²) >= 11 is 0. The molecular formula is C18H26N2O3. The van der Waals surface area contributed by atoms with Crippen LogP contribution >= 0.6 is 0 Å². The van der Waals surface area contributed by atoms with Crippen LogP contribution in [-0.4, -0.2) is 47.4 Å². The second-order valence-electron chi connectivity index (χ2n) is 7.57. The first-order chi connectivity index (χ1) is 10.8. The minimum absolute atomic E-state index is 0.00995. The van der Waals surface area contributed by atoms with Crippen LogP contribution in [0.25, 0.3) is 0 Å². The number of fused-ring (bicyclic) bond motifs is 1. The highest BCUT2D eigenvalue weighted by molar-refractivity contribution is 6.04. The van der Waals surface area contributed by atoms with Gasteiger partial charge in [-0.1, -0.05) is 20.8 Å². The average Bonchev–Trinajstić information content (AvgIpc) is 2.82. The molecular weight excluding hydrogens is 292 g/mol. The quantitative estimate of drug-likeness (QED) is 0.912. The molecule has 2 aliphatic rings. The fourth-order valence-electron chi connectivity index (χ4n) is 3.76. The SMILES string of the molecule is CCC1CN(C(=O)c2[nH]c3c(c2C)C(=O)CC(C)(C)C3)CCO1. The zero-order valence-corrected chi connectivity index (χ0v) is 14.5. The number of carbonyl (C=O) groups is 2. The highest BCUT2D eigenvalue weighted by Crippen LogP contribution is 2.37. The third-order valence-electron chi connectivity index (χ3n) is 5.00. The predicted octanol–water partition coefficient (Wildman–Crippen LogP) is 2.73. The van der Waals surface area contributed by atoms with Gasteiger partial charge in [0, 0.05) is 30.8 Å². The van der Waals surface area contributed by atoms with Crippen LogP contribution in [0.3, 0.4) is 0 Å². The van der Waals surface area contributed by atoms with E-state index in [9.17, 15) is 9.59 Å². The number of H-pyrrole nitrogens is 1. The van der Waals surface area contributed by atoms with Crippen LogP contribution in [0.4, 0.5) is 0 Å². The highest BCUT2D eigenvalue weighted by Gasteiger charge is 2.36. The van der Waals surface area contributed by atoms with Crippen molar-refractivity contribution >= 4 is 11.7 Å². The molecule has 1 aromatic rings. The summed E-state index contributed by atoms with van der Waals surface area (Å²) in [5.74, 6) is 0.140. The van der Waals surface area contributed by atoms with Crippen molar-refractivity contribution < 1.29 is 14.3 Å². The summed E-state index contributed by atoms with van der Waals surface area (Å²) in [6.07, 6.45) is 2.36. The molecule has 1 atom stereocenters. The van der Waals surface area contributed by atoms with Crippen molar-refractivity contribution in [2.24, 2.45) is 5.41 Å². The second-order valence-corrected chi connectivity index (χ2v) is 7.57. The number of rotatable bonds is 2. The van der Waals surface area contributed by atoms with E-state index in [4.69, 9.17) is 4.74 Å². The van der Waals surface area contributed by atoms with Gasteiger partial charge in [0.15, 0.2) is 5.78 Å². The van der Waals surface area contributed by atoms with Crippen LogP contribution in [0.1, 0.15) is 65.7 Å². The monoisotopic (exact) mass is 318 g/mol. The first-order valence-corrected chi connectivity index (χ1v) is 8.48. The Morgan fingerprint density at radius 2 is 2.13 bits per heavy atom. The smallest absolute Gasteiger partial charge is 0.270 e. The topological polar surface area (TPSA) is 62.4 Å². The summed E-state index contributed by atoms with van der Waals surface area (Å²) in [6.45, 7) is 9.96. The molecule has 5 nitrogen and oxygen atoms in total. The van der Waals surface area contributed by atoms with E-state index in [1.807, 2.05) is 11.8 Å². The van der Waals surface area contributed by atoms with E-state index in [2.05, 4.69) is 25.8 Å². The van der Waals surface area contributed by atoms with Gasteiger partial charge in [-0.3, -0.25) is 9.59 Å². The van der Waals surface area contributed by atoms with Gasteiger partial charge < -0.3 is 14.6 Å². The molecule has 126 valence electrons. The van der Waals surface area contributed by atoms with Gasteiger partial charge in [-0.2, -0.15) is 0 Å². The Morgan fingerprint density at radius 1 is 1.39 bits per heavy atom. The maximum Gasteiger partial charge on any atom is 0.270 e. The van der Waals surface area contributed by atoms with Crippen molar-refractivity contribution in [1.82, 2.24) is 9.88 Å². The van der Waals surface area contributed by atoms with E-state index in [0.29, 0.717) is 31.8 Å². The van der Waals surface area contributed by atoms with Gasteiger partial charge in [-0.15, -0.1) is 0 Å². The lowest BCUT2D eigenvalue weighted by molar-refractivity contribution is -0.0228. The van der Waals surface area contributed by atoms with Crippen LogP contribution in [0.5, 0.6) is 0 Å². The van der Waals surface area contributed by atoms with E-state index in [-0.39, 0.29) is 23.2 Å². The van der Waals surface area contributed by atoms with Crippen molar-refractivity contribution in [3.8, 4) is 0 Å². The number of hydrogen-bond donors (Lipinski definition) is 1. The molecule has 3 rings (SSSR count). The first kappa shape index (κ1) is 16.2. The van der Waals surface area contributed by atoms with Crippen LogP contribution in [0.15, 0.2) is 0 Å². The molecule has 1 N–H and O–H groups in total. The Bertz CT molecular complexity index is 645. The number of amides is 1. The molecule has 1 amide bonds. The maximum absolute atomic E-state index is 12.9. The first-order valence-electron chi connectivity index (χ1n) is 8.48. The van der Waals surface area contributed by atoms with E-state index >= 15 is 0 Å². The van der Waals surface area contributed by atoms with Gasteiger partial charge in [0.2, 0.25) is 0 Å². The molecule has 23 heavy (non-hydrogen) atoms. The minimum atomic E-state index is -0.0477. The third kappa shape index (κ3) is 2.94. The summed E-state index contributed by atoms with van der Waals surface area (Å²) < 4.78 is 5.64. The lowest BCUT2D eigenvalue weighted by Gasteiger charge is -2.32. The molecule has 1 unspecified atom stereocenters. The lowest BCUT2D eigenvalue weighted by Crippen LogP contribution is -2.45. The number of aromatic amines is 1. The molecule has 0 saturated carbocycles. The van der Waals surface area contributed by atoms with E-state index < -0.39 is 0 Å². The van der Waals surface area contributed by atoms with Gasteiger partial charge in [0.25, 0.3) is 5.91 Å². The Hall–Kier alpha value is -1.62. The molecule has 1 aliphatic heterocycles. The second kappa shape index (κ2) is 5.78. The minimum Gasteiger partial charge on any atom is -0.375 e. The number of ketones is 1. The molecule has 1 saturated heterocycles. The molecule has 5 heteroatoms. The van der Waals surface area contributed by atoms with Crippen LogP contribution in [-0.2, 0) is 11.2 Å². The molecule has 1 fully saturated rings. The summed E-state index contributed by atoms with van der Waals surface area (Å²) in [4.78, 5) is 30.5. The fraction of sp³-hybridized carbons (Fsp3) is 0.667. The molecule has 2 heterocycles. The Labute approximate surface area is 137 Å². The van der Waals surface area contributed by atoms with Gasteiger partial charge >= 0.3 is 0 Å². The number of Topliss-reactive ketones (excluding diaryl/α,β-unsaturated/α-hetero) is 1. The largest absolute Gasteiger partial charge is 0.375 e. The maximum atomic E-state index is 12.9.